The number of Topliss-reactive ketones (excluding diaryl/α,β-unsaturated/α-hetero) is 1. The lowest BCUT2D eigenvalue weighted by molar-refractivity contribution is 0.100. The molecule has 17 heavy (non-hydrogen) atoms. The number of rotatable bonds is 3. The highest BCUT2D eigenvalue weighted by Gasteiger charge is 2.11. The van der Waals surface area contributed by atoms with Crippen LogP contribution in [0.2, 0.25) is 0 Å². The van der Waals surface area contributed by atoms with Gasteiger partial charge in [-0.3, -0.25) is 4.79 Å². The van der Waals surface area contributed by atoms with Gasteiger partial charge in [0.1, 0.15) is 5.75 Å². The van der Waals surface area contributed by atoms with Gasteiger partial charge in [0.2, 0.25) is 5.88 Å². The molecule has 0 aliphatic rings. The summed E-state index contributed by atoms with van der Waals surface area (Å²) in [5, 5.41) is 0.748. The maximum Gasteiger partial charge on any atom is 0.224 e. The van der Waals surface area contributed by atoms with E-state index in [4.69, 9.17) is 9.47 Å². The van der Waals surface area contributed by atoms with Gasteiger partial charge in [0, 0.05) is 13.0 Å². The van der Waals surface area contributed by atoms with Gasteiger partial charge in [-0.25, -0.2) is 4.98 Å². The number of methoxy groups -OCH3 is 2. The number of aromatic nitrogens is 2. The molecule has 0 aliphatic heterocycles. The Kier molecular flexibility index (Phi) is 2.91. The molecule has 0 fully saturated rings. The average Bonchev–Trinajstić information content (AvgIpc) is 2.36. The average molecular weight is 232 g/mol. The van der Waals surface area contributed by atoms with Crippen molar-refractivity contribution < 1.29 is 14.3 Å². The molecule has 1 heterocycles. The fourth-order valence-electron chi connectivity index (χ4n) is 1.52. The number of ketones is 1. The number of hydrogen-bond acceptors (Lipinski definition) is 5. The molecule has 0 bridgehead atoms. The summed E-state index contributed by atoms with van der Waals surface area (Å²) in [6.07, 6.45) is 0. The van der Waals surface area contributed by atoms with Crippen molar-refractivity contribution in [3.05, 3.63) is 24.0 Å². The first-order valence-electron chi connectivity index (χ1n) is 5.06. The van der Waals surface area contributed by atoms with Crippen molar-refractivity contribution in [2.45, 2.75) is 6.92 Å². The molecular weight excluding hydrogens is 220 g/mol. The number of nitrogens with zero attached hydrogens (tertiary/aromatic N) is 2. The quantitative estimate of drug-likeness (QED) is 0.756. The third kappa shape index (κ3) is 2.04. The molecule has 0 spiro atoms. The number of carbonyl (C=O) groups is 1. The third-order valence-corrected chi connectivity index (χ3v) is 2.38. The van der Waals surface area contributed by atoms with Crippen LogP contribution in [0.1, 0.15) is 17.5 Å². The van der Waals surface area contributed by atoms with Crippen molar-refractivity contribution in [3.63, 3.8) is 0 Å². The van der Waals surface area contributed by atoms with Gasteiger partial charge in [-0.05, 0) is 12.1 Å². The minimum absolute atomic E-state index is 0.141. The lowest BCUT2D eigenvalue weighted by Gasteiger charge is -2.07. The molecule has 0 aliphatic carbocycles. The number of fused-ring (bicyclic) bond motifs is 1. The molecule has 5 heteroatoms. The first-order valence-corrected chi connectivity index (χ1v) is 5.06. The number of carbonyl (C=O) groups excluding carboxylic acids is 1. The zero-order valence-corrected chi connectivity index (χ0v) is 9.85. The highest BCUT2D eigenvalue weighted by molar-refractivity contribution is 5.94. The smallest absolute Gasteiger partial charge is 0.224 e. The molecule has 5 nitrogen and oxygen atoms in total. The zero-order chi connectivity index (χ0) is 12.4. The minimum Gasteiger partial charge on any atom is -0.497 e. The summed E-state index contributed by atoms with van der Waals surface area (Å²) in [6.45, 7) is 1.42. The molecule has 2 rings (SSSR count). The van der Waals surface area contributed by atoms with E-state index in [1.165, 1.54) is 14.0 Å². The van der Waals surface area contributed by atoms with Crippen molar-refractivity contribution in [3.8, 4) is 11.6 Å². The molecular formula is C12H12N2O3. The predicted molar refractivity (Wildman–Crippen MR) is 62.6 cm³/mol. The van der Waals surface area contributed by atoms with Crippen LogP contribution in [0.3, 0.4) is 0 Å². The lowest BCUT2D eigenvalue weighted by atomic mass is 10.2. The number of ether oxygens (including phenoxy) is 2. The van der Waals surface area contributed by atoms with Gasteiger partial charge in [-0.2, -0.15) is 4.98 Å². The van der Waals surface area contributed by atoms with Gasteiger partial charge < -0.3 is 9.47 Å². The maximum atomic E-state index is 11.3. The predicted octanol–water partition coefficient (Wildman–Crippen LogP) is 1.85. The van der Waals surface area contributed by atoms with Crippen LogP contribution >= 0.6 is 0 Å². The second-order valence-electron chi connectivity index (χ2n) is 3.50. The number of hydrogen-bond donors (Lipinski definition) is 0. The van der Waals surface area contributed by atoms with Crippen LogP contribution in [0.5, 0.6) is 11.6 Å². The molecule has 0 amide bonds. The fourth-order valence-corrected chi connectivity index (χ4v) is 1.52. The number of benzene rings is 1. The Morgan fingerprint density at radius 2 is 1.94 bits per heavy atom. The molecule has 0 unspecified atom stereocenters. The van der Waals surface area contributed by atoms with Crippen LogP contribution in [-0.2, 0) is 0 Å². The summed E-state index contributed by atoms with van der Waals surface area (Å²) in [5.74, 6) is 1.01. The van der Waals surface area contributed by atoms with E-state index in [0.29, 0.717) is 17.1 Å². The van der Waals surface area contributed by atoms with Crippen LogP contribution in [0, 0.1) is 0 Å². The van der Waals surface area contributed by atoms with Crippen molar-refractivity contribution in [2.75, 3.05) is 14.2 Å². The van der Waals surface area contributed by atoms with Crippen LogP contribution in [0.4, 0.5) is 0 Å². The van der Waals surface area contributed by atoms with Gasteiger partial charge in [0.05, 0.1) is 25.1 Å². The molecule has 0 atom stereocenters. The summed E-state index contributed by atoms with van der Waals surface area (Å²) in [4.78, 5) is 19.5. The maximum absolute atomic E-state index is 11.3. The van der Waals surface area contributed by atoms with Crippen molar-refractivity contribution in [1.82, 2.24) is 9.97 Å². The van der Waals surface area contributed by atoms with Crippen LogP contribution in [-0.4, -0.2) is 30.0 Å². The van der Waals surface area contributed by atoms with E-state index in [9.17, 15) is 4.79 Å². The Bertz CT molecular complexity index is 581. The van der Waals surface area contributed by atoms with E-state index < -0.39 is 0 Å². The van der Waals surface area contributed by atoms with Gasteiger partial charge in [-0.1, -0.05) is 0 Å². The normalized spacial score (nSPS) is 10.3. The zero-order valence-electron chi connectivity index (χ0n) is 9.85. The van der Waals surface area contributed by atoms with Gasteiger partial charge >= 0.3 is 0 Å². The molecule has 1 aromatic heterocycles. The monoisotopic (exact) mass is 232 g/mol. The third-order valence-electron chi connectivity index (χ3n) is 2.38. The Balaban J connectivity index is 2.73. The highest BCUT2D eigenvalue weighted by Crippen LogP contribution is 2.25. The summed E-state index contributed by atoms with van der Waals surface area (Å²) in [6, 6.07) is 5.34. The molecule has 0 saturated heterocycles. The molecule has 0 radical (unpaired) electrons. The first kappa shape index (κ1) is 11.3. The van der Waals surface area contributed by atoms with Gasteiger partial charge in [0.15, 0.2) is 11.6 Å². The second kappa shape index (κ2) is 4.37. The Morgan fingerprint density at radius 3 is 2.53 bits per heavy atom. The highest BCUT2D eigenvalue weighted by atomic mass is 16.5. The summed E-state index contributed by atoms with van der Waals surface area (Å²) in [7, 11) is 3.08. The first-order chi connectivity index (χ1) is 8.15. The summed E-state index contributed by atoms with van der Waals surface area (Å²) < 4.78 is 10.3. The molecule has 2 aromatic rings. The molecule has 0 saturated carbocycles. The molecule has 88 valence electrons. The lowest BCUT2D eigenvalue weighted by Crippen LogP contribution is -2.03. The van der Waals surface area contributed by atoms with E-state index in [1.807, 2.05) is 0 Å². The Hall–Kier alpha value is -2.17. The Morgan fingerprint density at radius 1 is 1.18 bits per heavy atom. The standard InChI is InChI=1S/C12H12N2O3/c1-7(15)11-13-10-6-8(16-2)4-5-9(10)12(14-11)17-3/h4-6H,1-3H3. The van der Waals surface area contributed by atoms with Gasteiger partial charge in [0.25, 0.3) is 0 Å². The Labute approximate surface area is 98.4 Å². The molecule has 1 aromatic carbocycles. The van der Waals surface area contributed by atoms with E-state index >= 15 is 0 Å². The van der Waals surface area contributed by atoms with Crippen LogP contribution in [0.15, 0.2) is 18.2 Å². The van der Waals surface area contributed by atoms with Crippen molar-refractivity contribution in [1.29, 1.82) is 0 Å². The largest absolute Gasteiger partial charge is 0.497 e. The molecule has 0 N–H and O–H groups in total. The van der Waals surface area contributed by atoms with Crippen molar-refractivity contribution in [2.24, 2.45) is 0 Å². The van der Waals surface area contributed by atoms with E-state index in [1.54, 1.807) is 25.3 Å². The minimum atomic E-state index is -0.201. The van der Waals surface area contributed by atoms with E-state index in [2.05, 4.69) is 9.97 Å². The SMILES string of the molecule is COc1ccc2c(OC)nc(C(C)=O)nc2c1. The fraction of sp³-hybridized carbons (Fsp3) is 0.250. The summed E-state index contributed by atoms with van der Waals surface area (Å²) in [5.41, 5.74) is 0.626. The van der Waals surface area contributed by atoms with Crippen LogP contribution < -0.4 is 9.47 Å². The van der Waals surface area contributed by atoms with E-state index in [0.717, 1.165) is 5.39 Å². The topological polar surface area (TPSA) is 61.3 Å². The summed E-state index contributed by atoms with van der Waals surface area (Å²) >= 11 is 0. The van der Waals surface area contributed by atoms with Crippen molar-refractivity contribution >= 4 is 16.7 Å². The van der Waals surface area contributed by atoms with Crippen LogP contribution in [0.25, 0.3) is 10.9 Å². The van der Waals surface area contributed by atoms with Gasteiger partial charge in [-0.15, -0.1) is 0 Å². The second-order valence-corrected chi connectivity index (χ2v) is 3.50. The van der Waals surface area contributed by atoms with E-state index in [-0.39, 0.29) is 11.6 Å².